The molecule has 0 fully saturated rings. The highest BCUT2D eigenvalue weighted by Crippen LogP contribution is 2.34. The molecule has 0 spiro atoms. The highest BCUT2D eigenvalue weighted by Gasteiger charge is 2.13. The fraction of sp³-hybridized carbons (Fsp3) is 0.556. The van der Waals surface area contributed by atoms with Crippen molar-refractivity contribution < 1.29 is 4.74 Å². The molecule has 2 nitrogen and oxygen atoms in total. The van der Waals surface area contributed by atoms with E-state index in [9.17, 15) is 0 Å². The zero-order chi connectivity index (χ0) is 15.1. The number of hydrogen-bond acceptors (Lipinski definition) is 3. The van der Waals surface area contributed by atoms with Gasteiger partial charge in [-0.25, -0.2) is 0 Å². The summed E-state index contributed by atoms with van der Waals surface area (Å²) in [6.45, 7) is 9.48. The lowest BCUT2D eigenvalue weighted by atomic mass is 10.1. The van der Waals surface area contributed by atoms with Crippen molar-refractivity contribution >= 4 is 21.4 Å². The van der Waals surface area contributed by atoms with Crippen LogP contribution in [0.3, 0.4) is 0 Å². The number of ether oxygens (including phenoxy) is 1. The second-order valence-corrected chi connectivity index (χ2v) is 6.67. The first-order valence-corrected chi connectivity index (χ1v) is 8.84. The number of fused-ring (bicyclic) bond motifs is 1. The largest absolute Gasteiger partial charge is 0.381 e. The van der Waals surface area contributed by atoms with E-state index in [0.717, 1.165) is 26.2 Å². The highest BCUT2D eigenvalue weighted by atomic mass is 32.1. The smallest absolute Gasteiger partial charge is 0.0478 e. The zero-order valence-corrected chi connectivity index (χ0v) is 14.3. The van der Waals surface area contributed by atoms with Crippen molar-refractivity contribution in [1.29, 1.82) is 0 Å². The molecule has 0 saturated heterocycles. The maximum Gasteiger partial charge on any atom is 0.0478 e. The Kier molecular flexibility index (Phi) is 6.68. The van der Waals surface area contributed by atoms with Crippen molar-refractivity contribution in [2.75, 3.05) is 19.8 Å². The molecule has 1 heterocycles. The summed E-state index contributed by atoms with van der Waals surface area (Å²) in [6, 6.07) is 9.09. The predicted octanol–water partition coefficient (Wildman–Crippen LogP) is 5.07. The fourth-order valence-corrected chi connectivity index (χ4v) is 3.78. The molecular formula is C18H27NOS. The summed E-state index contributed by atoms with van der Waals surface area (Å²) in [6.07, 6.45) is 3.46. The van der Waals surface area contributed by atoms with E-state index in [4.69, 9.17) is 4.74 Å². The van der Waals surface area contributed by atoms with E-state index in [1.54, 1.807) is 0 Å². The quantitative estimate of drug-likeness (QED) is 0.653. The van der Waals surface area contributed by atoms with Gasteiger partial charge in [-0.3, -0.25) is 0 Å². The van der Waals surface area contributed by atoms with Crippen LogP contribution in [-0.2, 0) is 4.74 Å². The van der Waals surface area contributed by atoms with Crippen LogP contribution in [0.4, 0.5) is 0 Å². The lowest BCUT2D eigenvalue weighted by Crippen LogP contribution is -2.20. The van der Waals surface area contributed by atoms with Gasteiger partial charge in [0.05, 0.1) is 0 Å². The van der Waals surface area contributed by atoms with Crippen LogP contribution in [0.1, 0.15) is 49.6 Å². The van der Waals surface area contributed by atoms with Crippen LogP contribution in [0.5, 0.6) is 0 Å². The molecule has 1 aromatic carbocycles. The van der Waals surface area contributed by atoms with Gasteiger partial charge in [-0.2, -0.15) is 0 Å². The van der Waals surface area contributed by atoms with Gasteiger partial charge in [0.2, 0.25) is 0 Å². The molecular weight excluding hydrogens is 278 g/mol. The SMILES string of the molecule is CCCCOCCCNC(C)c1sc2ccccc2c1C. The van der Waals surface area contributed by atoms with E-state index in [1.807, 2.05) is 11.3 Å². The van der Waals surface area contributed by atoms with Crippen molar-refractivity contribution in [3.05, 3.63) is 34.7 Å². The van der Waals surface area contributed by atoms with Gasteiger partial charge in [0, 0.05) is 28.8 Å². The number of hydrogen-bond donors (Lipinski definition) is 1. The molecule has 0 saturated carbocycles. The minimum Gasteiger partial charge on any atom is -0.381 e. The number of nitrogens with one attached hydrogen (secondary N) is 1. The first kappa shape index (κ1) is 16.5. The number of thiophene rings is 1. The summed E-state index contributed by atoms with van der Waals surface area (Å²) in [7, 11) is 0. The molecule has 1 aromatic heterocycles. The van der Waals surface area contributed by atoms with Crippen LogP contribution in [0.15, 0.2) is 24.3 Å². The summed E-state index contributed by atoms with van der Waals surface area (Å²) in [5.41, 5.74) is 1.43. The third kappa shape index (κ3) is 4.53. The molecule has 1 unspecified atom stereocenters. The Morgan fingerprint density at radius 3 is 2.71 bits per heavy atom. The van der Waals surface area contributed by atoms with Gasteiger partial charge >= 0.3 is 0 Å². The van der Waals surface area contributed by atoms with Crippen LogP contribution in [0.2, 0.25) is 0 Å². The van der Waals surface area contributed by atoms with Crippen molar-refractivity contribution in [2.24, 2.45) is 0 Å². The molecule has 2 aromatic rings. The van der Waals surface area contributed by atoms with E-state index in [0.29, 0.717) is 6.04 Å². The highest BCUT2D eigenvalue weighted by molar-refractivity contribution is 7.19. The van der Waals surface area contributed by atoms with Crippen LogP contribution >= 0.6 is 11.3 Å². The number of rotatable bonds is 9. The van der Waals surface area contributed by atoms with Crippen LogP contribution in [-0.4, -0.2) is 19.8 Å². The number of benzene rings is 1. The molecule has 0 aliphatic carbocycles. The Morgan fingerprint density at radius 2 is 1.95 bits per heavy atom. The Morgan fingerprint density at radius 1 is 1.19 bits per heavy atom. The first-order valence-electron chi connectivity index (χ1n) is 8.03. The normalized spacial score (nSPS) is 12.9. The lowest BCUT2D eigenvalue weighted by Gasteiger charge is -2.13. The average Bonchev–Trinajstić information content (AvgIpc) is 2.84. The van der Waals surface area contributed by atoms with Crippen molar-refractivity contribution in [2.45, 2.75) is 46.1 Å². The first-order chi connectivity index (χ1) is 10.2. The molecule has 1 atom stereocenters. The van der Waals surface area contributed by atoms with Crippen molar-refractivity contribution in [3.63, 3.8) is 0 Å². The molecule has 116 valence electrons. The third-order valence-corrected chi connectivity index (χ3v) is 5.29. The van der Waals surface area contributed by atoms with Crippen molar-refractivity contribution in [1.82, 2.24) is 5.32 Å². The Bertz CT molecular complexity index is 549. The van der Waals surface area contributed by atoms with E-state index in [2.05, 4.69) is 50.4 Å². The van der Waals surface area contributed by atoms with Crippen molar-refractivity contribution in [3.8, 4) is 0 Å². The van der Waals surface area contributed by atoms with Gasteiger partial charge in [0.25, 0.3) is 0 Å². The summed E-state index contributed by atoms with van der Waals surface area (Å²) < 4.78 is 6.99. The van der Waals surface area contributed by atoms with Gasteiger partial charge in [0.15, 0.2) is 0 Å². The Labute approximate surface area is 132 Å². The van der Waals surface area contributed by atoms with Gasteiger partial charge in [0.1, 0.15) is 0 Å². The van der Waals surface area contributed by atoms with E-state index in [1.165, 1.54) is 33.4 Å². The maximum atomic E-state index is 5.60. The fourth-order valence-electron chi connectivity index (χ4n) is 2.54. The molecule has 1 N–H and O–H groups in total. The summed E-state index contributed by atoms with van der Waals surface area (Å²) in [4.78, 5) is 1.46. The minimum absolute atomic E-state index is 0.415. The minimum atomic E-state index is 0.415. The van der Waals surface area contributed by atoms with Gasteiger partial charge in [-0.05, 0) is 50.2 Å². The standard InChI is InChI=1S/C18H27NOS/c1-4-5-12-20-13-8-11-19-15(3)18-14(2)16-9-6-7-10-17(16)21-18/h6-7,9-10,15,19H,4-5,8,11-13H2,1-3H3. The summed E-state index contributed by atoms with van der Waals surface area (Å²) >= 11 is 1.91. The van der Waals surface area contributed by atoms with Gasteiger partial charge in [-0.1, -0.05) is 31.5 Å². The molecule has 0 amide bonds. The second kappa shape index (κ2) is 8.52. The molecule has 0 bridgehead atoms. The molecule has 0 aliphatic heterocycles. The monoisotopic (exact) mass is 305 g/mol. The molecule has 0 radical (unpaired) electrons. The summed E-state index contributed by atoms with van der Waals surface area (Å²) in [5, 5.41) is 5.02. The summed E-state index contributed by atoms with van der Waals surface area (Å²) in [5.74, 6) is 0. The molecule has 21 heavy (non-hydrogen) atoms. The topological polar surface area (TPSA) is 21.3 Å². The van der Waals surface area contributed by atoms with Gasteiger partial charge < -0.3 is 10.1 Å². The predicted molar refractivity (Wildman–Crippen MR) is 93.3 cm³/mol. The van der Waals surface area contributed by atoms with E-state index in [-0.39, 0.29) is 0 Å². The second-order valence-electron chi connectivity index (χ2n) is 5.58. The zero-order valence-electron chi connectivity index (χ0n) is 13.4. The van der Waals surface area contributed by atoms with E-state index >= 15 is 0 Å². The Balaban J connectivity index is 1.79. The van der Waals surface area contributed by atoms with E-state index < -0.39 is 0 Å². The van der Waals surface area contributed by atoms with Crippen LogP contribution in [0.25, 0.3) is 10.1 Å². The van der Waals surface area contributed by atoms with Gasteiger partial charge in [-0.15, -0.1) is 11.3 Å². The molecule has 3 heteroatoms. The Hall–Kier alpha value is -0.900. The average molecular weight is 305 g/mol. The number of unbranched alkanes of at least 4 members (excludes halogenated alkanes) is 1. The molecule has 0 aliphatic rings. The van der Waals surface area contributed by atoms with Crippen LogP contribution < -0.4 is 5.32 Å². The maximum absolute atomic E-state index is 5.60. The number of aryl methyl sites for hydroxylation is 1. The molecule has 2 rings (SSSR count). The van der Waals surface area contributed by atoms with Crippen LogP contribution in [0, 0.1) is 6.92 Å². The lowest BCUT2D eigenvalue weighted by molar-refractivity contribution is 0.128. The third-order valence-electron chi connectivity index (χ3n) is 3.83.